The molecule has 3 nitrogen and oxygen atoms in total. The van der Waals surface area contributed by atoms with Gasteiger partial charge in [0.15, 0.2) is 11.6 Å². The number of carbonyl (C=O) groups excluding carboxylic acids is 2. The normalized spacial score (nSPS) is 22.2. The van der Waals surface area contributed by atoms with Gasteiger partial charge in [0.05, 0.1) is 0 Å². The van der Waals surface area contributed by atoms with E-state index in [1.807, 2.05) is 6.92 Å². The van der Waals surface area contributed by atoms with Gasteiger partial charge in [-0.15, -0.1) is 0 Å². The predicted octanol–water partition coefficient (Wildman–Crippen LogP) is 5.38. The molecular formula is C22H39NO2. The molecular weight excluding hydrogens is 310 g/mol. The molecule has 0 saturated heterocycles. The fourth-order valence-corrected chi connectivity index (χ4v) is 4.44. The zero-order valence-corrected chi connectivity index (χ0v) is 17.8. The van der Waals surface area contributed by atoms with Gasteiger partial charge in [-0.1, -0.05) is 53.9 Å². The van der Waals surface area contributed by atoms with Crippen LogP contribution < -0.4 is 5.32 Å². The van der Waals surface area contributed by atoms with Crippen molar-refractivity contribution in [1.29, 1.82) is 0 Å². The number of ketones is 2. The van der Waals surface area contributed by atoms with Crippen LogP contribution in [0.5, 0.6) is 0 Å². The molecule has 0 radical (unpaired) electrons. The van der Waals surface area contributed by atoms with Crippen LogP contribution >= 0.6 is 0 Å². The van der Waals surface area contributed by atoms with E-state index in [0.29, 0.717) is 12.0 Å². The van der Waals surface area contributed by atoms with Crippen LogP contribution in [-0.4, -0.2) is 22.6 Å². The van der Waals surface area contributed by atoms with Crippen LogP contribution in [0.1, 0.15) is 100 Å². The lowest BCUT2D eigenvalue weighted by molar-refractivity contribution is -0.132. The fourth-order valence-electron chi connectivity index (χ4n) is 4.44. The summed E-state index contributed by atoms with van der Waals surface area (Å²) in [6.07, 6.45) is 6.07. The molecule has 0 fully saturated rings. The van der Waals surface area contributed by atoms with Crippen LogP contribution in [0.3, 0.4) is 0 Å². The molecule has 0 aromatic carbocycles. The van der Waals surface area contributed by atoms with Gasteiger partial charge < -0.3 is 0 Å². The molecule has 3 heteroatoms. The van der Waals surface area contributed by atoms with E-state index in [0.717, 1.165) is 44.1 Å². The largest absolute Gasteiger partial charge is 0.293 e. The van der Waals surface area contributed by atoms with Gasteiger partial charge in [-0.25, -0.2) is 0 Å². The van der Waals surface area contributed by atoms with Gasteiger partial charge in [0.25, 0.3) is 0 Å². The summed E-state index contributed by atoms with van der Waals surface area (Å²) in [6.45, 7) is 16.9. The molecule has 0 spiro atoms. The number of carbonyl (C=O) groups is 2. The van der Waals surface area contributed by atoms with Crippen LogP contribution in [-0.2, 0) is 9.59 Å². The second-order valence-electron chi connectivity index (χ2n) is 9.62. The van der Waals surface area contributed by atoms with E-state index in [1.54, 1.807) is 0 Å². The second-order valence-corrected chi connectivity index (χ2v) is 9.62. The summed E-state index contributed by atoms with van der Waals surface area (Å²) in [6, 6.07) is 0. The van der Waals surface area contributed by atoms with Gasteiger partial charge in [-0.2, -0.15) is 0 Å². The van der Waals surface area contributed by atoms with Gasteiger partial charge in [0.1, 0.15) is 5.54 Å². The Morgan fingerprint density at radius 3 is 1.96 bits per heavy atom. The highest BCUT2D eigenvalue weighted by molar-refractivity contribution is 6.31. The quantitative estimate of drug-likeness (QED) is 0.569. The molecule has 0 saturated carbocycles. The Morgan fingerprint density at radius 1 is 0.920 bits per heavy atom. The summed E-state index contributed by atoms with van der Waals surface area (Å²) < 4.78 is 0. The minimum Gasteiger partial charge on any atom is -0.293 e. The molecule has 25 heavy (non-hydrogen) atoms. The van der Waals surface area contributed by atoms with Gasteiger partial charge in [-0.3, -0.25) is 14.9 Å². The van der Waals surface area contributed by atoms with Crippen molar-refractivity contribution >= 4 is 11.6 Å². The van der Waals surface area contributed by atoms with E-state index < -0.39 is 5.54 Å². The van der Waals surface area contributed by atoms with E-state index >= 15 is 0 Å². The highest BCUT2D eigenvalue weighted by atomic mass is 16.2. The summed E-state index contributed by atoms with van der Waals surface area (Å²) in [5.41, 5.74) is 0.256. The average Bonchev–Trinajstić information content (AvgIpc) is 2.62. The molecule has 0 aromatic rings. The molecule has 0 aromatic heterocycles. The highest BCUT2D eigenvalue weighted by Gasteiger charge is 2.54. The first-order valence-corrected chi connectivity index (χ1v) is 9.99. The molecule has 0 aliphatic heterocycles. The van der Waals surface area contributed by atoms with Crippen LogP contribution in [0, 0.1) is 5.41 Å². The summed E-state index contributed by atoms with van der Waals surface area (Å²) in [5.74, 6) is 0.0536. The van der Waals surface area contributed by atoms with Crippen LogP contribution in [0.15, 0.2) is 11.1 Å². The maximum atomic E-state index is 13.4. The van der Waals surface area contributed by atoms with Gasteiger partial charge >= 0.3 is 0 Å². The lowest BCUT2D eigenvalue weighted by atomic mass is 9.77. The number of hydrogen-bond donors (Lipinski definition) is 1. The Hall–Kier alpha value is -0.960. The minimum atomic E-state index is -1.04. The van der Waals surface area contributed by atoms with Gasteiger partial charge in [-0.05, 0) is 51.9 Å². The van der Waals surface area contributed by atoms with Crippen molar-refractivity contribution in [3.05, 3.63) is 11.1 Å². The molecule has 144 valence electrons. The van der Waals surface area contributed by atoms with Crippen molar-refractivity contribution in [3.8, 4) is 0 Å². The van der Waals surface area contributed by atoms with E-state index in [9.17, 15) is 9.59 Å². The lowest BCUT2D eigenvalue weighted by Crippen LogP contribution is -2.63. The molecule has 0 amide bonds. The third-order valence-electron chi connectivity index (χ3n) is 5.05. The molecule has 1 atom stereocenters. The first-order valence-electron chi connectivity index (χ1n) is 9.99. The zero-order chi connectivity index (χ0) is 19.5. The summed E-state index contributed by atoms with van der Waals surface area (Å²) in [7, 11) is 0. The monoisotopic (exact) mass is 349 g/mol. The molecule has 1 rings (SSSR count). The predicted molar refractivity (Wildman–Crippen MR) is 106 cm³/mol. The third kappa shape index (κ3) is 5.26. The van der Waals surface area contributed by atoms with Gasteiger partial charge in [0, 0.05) is 16.7 Å². The molecule has 1 unspecified atom stereocenters. The average molecular weight is 350 g/mol. The maximum Gasteiger partial charge on any atom is 0.187 e. The van der Waals surface area contributed by atoms with Crippen LogP contribution in [0.25, 0.3) is 0 Å². The van der Waals surface area contributed by atoms with Crippen molar-refractivity contribution in [1.82, 2.24) is 5.32 Å². The zero-order valence-electron chi connectivity index (χ0n) is 17.8. The number of unbranched alkanes of at least 4 members (excludes halogenated alkanes) is 2. The number of hydrogen-bond acceptors (Lipinski definition) is 3. The number of rotatable bonds is 9. The lowest BCUT2D eigenvalue weighted by Gasteiger charge is -2.41. The van der Waals surface area contributed by atoms with Crippen molar-refractivity contribution in [2.45, 2.75) is 111 Å². The van der Waals surface area contributed by atoms with E-state index in [2.05, 4.69) is 53.8 Å². The summed E-state index contributed by atoms with van der Waals surface area (Å²) in [5, 5.41) is 3.56. The van der Waals surface area contributed by atoms with E-state index in [-0.39, 0.29) is 22.5 Å². The SMILES string of the molecule is CCCCC1=C(C)C(=O)C(CCCC)(NC(C)(C)CC(C)(C)C)C1=O. The van der Waals surface area contributed by atoms with Gasteiger partial charge in [0.2, 0.25) is 0 Å². The minimum absolute atomic E-state index is 0.0130. The first kappa shape index (κ1) is 22.1. The maximum absolute atomic E-state index is 13.4. The fraction of sp³-hybridized carbons (Fsp3) is 0.818. The third-order valence-corrected chi connectivity index (χ3v) is 5.05. The van der Waals surface area contributed by atoms with E-state index in [4.69, 9.17) is 0 Å². The second kappa shape index (κ2) is 8.16. The Kier molecular flexibility index (Phi) is 7.21. The molecule has 1 aliphatic carbocycles. The van der Waals surface area contributed by atoms with Crippen molar-refractivity contribution in [2.24, 2.45) is 5.41 Å². The summed E-state index contributed by atoms with van der Waals surface area (Å²) >= 11 is 0. The highest BCUT2D eigenvalue weighted by Crippen LogP contribution is 2.38. The number of nitrogens with one attached hydrogen (secondary N) is 1. The van der Waals surface area contributed by atoms with Crippen LogP contribution in [0.2, 0.25) is 0 Å². The topological polar surface area (TPSA) is 46.2 Å². The standard InChI is InChI=1S/C22H39NO2/c1-9-11-13-17-16(3)18(24)22(19(17)25,14-12-10-2)23-21(7,8)15-20(4,5)6/h23H,9-15H2,1-8H3. The number of Topliss-reactive ketones (excluding diaryl/α,β-unsaturated/α-hetero) is 2. The smallest absolute Gasteiger partial charge is 0.187 e. The Balaban J connectivity index is 3.20. The first-order chi connectivity index (χ1) is 11.4. The summed E-state index contributed by atoms with van der Waals surface area (Å²) in [4.78, 5) is 26.6. The molecule has 0 bridgehead atoms. The van der Waals surface area contributed by atoms with Crippen molar-refractivity contribution in [2.75, 3.05) is 0 Å². The van der Waals surface area contributed by atoms with Crippen molar-refractivity contribution < 1.29 is 9.59 Å². The van der Waals surface area contributed by atoms with E-state index in [1.165, 1.54) is 0 Å². The molecule has 1 N–H and O–H groups in total. The van der Waals surface area contributed by atoms with Crippen LogP contribution in [0.4, 0.5) is 0 Å². The van der Waals surface area contributed by atoms with Crippen molar-refractivity contribution in [3.63, 3.8) is 0 Å². The Morgan fingerprint density at radius 2 is 1.48 bits per heavy atom. The molecule has 0 heterocycles. The Bertz CT molecular complexity index is 537. The Labute approximate surface area is 155 Å². The molecule has 1 aliphatic rings.